The second-order valence-electron chi connectivity index (χ2n) is 5.60. The van der Waals surface area contributed by atoms with Gasteiger partial charge in [-0.3, -0.25) is 0 Å². The van der Waals surface area contributed by atoms with Crippen LogP contribution in [-0.4, -0.2) is 27.1 Å². The number of hydrogen-bond acceptors (Lipinski definition) is 5. The van der Waals surface area contributed by atoms with Gasteiger partial charge in [0, 0.05) is 24.8 Å². The molecule has 2 rings (SSSR count). The number of pyridine rings is 1. The van der Waals surface area contributed by atoms with Gasteiger partial charge in [-0.05, 0) is 26.8 Å². The fourth-order valence-corrected chi connectivity index (χ4v) is 1.77. The summed E-state index contributed by atoms with van der Waals surface area (Å²) in [5, 5.41) is 11.6. The minimum absolute atomic E-state index is 0.0438. The number of nitrogens with zero attached hydrogens (tertiary/aromatic N) is 4. The van der Waals surface area contributed by atoms with Gasteiger partial charge >= 0.3 is 0 Å². The third-order valence-corrected chi connectivity index (χ3v) is 2.89. The van der Waals surface area contributed by atoms with Crippen LogP contribution in [0.4, 0.5) is 0 Å². The number of aromatic nitrogens is 4. The lowest BCUT2D eigenvalue weighted by atomic mass is 10.1. The molecule has 0 atom stereocenters. The fraction of sp³-hybridized carbons (Fsp3) is 0.500. The number of hydrogen-bond donors (Lipinski definition) is 1. The smallest absolute Gasteiger partial charge is 0.217 e. The lowest BCUT2D eigenvalue weighted by Crippen LogP contribution is -2.22. The molecule has 0 fully saturated rings. The normalized spacial score (nSPS) is 11.6. The van der Waals surface area contributed by atoms with Gasteiger partial charge in [-0.25, -0.2) is 9.67 Å². The SMILES string of the molecule is COc1ncccc1CNCc1cn(C(C)(C)C)nn1. The minimum atomic E-state index is -0.0438. The molecule has 0 saturated carbocycles. The summed E-state index contributed by atoms with van der Waals surface area (Å²) in [6.45, 7) is 7.63. The predicted molar refractivity (Wildman–Crippen MR) is 76.4 cm³/mol. The Morgan fingerprint density at radius 3 is 2.75 bits per heavy atom. The zero-order valence-corrected chi connectivity index (χ0v) is 12.4. The largest absolute Gasteiger partial charge is 0.481 e. The highest BCUT2D eigenvalue weighted by Gasteiger charge is 2.14. The molecule has 0 bridgehead atoms. The molecule has 0 saturated heterocycles. The summed E-state index contributed by atoms with van der Waals surface area (Å²) in [6, 6.07) is 3.89. The summed E-state index contributed by atoms with van der Waals surface area (Å²) in [4.78, 5) is 4.16. The maximum absolute atomic E-state index is 5.21. The van der Waals surface area contributed by atoms with Crippen molar-refractivity contribution in [3.63, 3.8) is 0 Å². The topological polar surface area (TPSA) is 64.9 Å². The Kier molecular flexibility index (Phi) is 4.34. The average Bonchev–Trinajstić information content (AvgIpc) is 2.88. The molecular weight excluding hydrogens is 254 g/mol. The molecule has 6 nitrogen and oxygen atoms in total. The van der Waals surface area contributed by atoms with Gasteiger partial charge in [0.25, 0.3) is 0 Å². The molecule has 0 aliphatic rings. The first kappa shape index (κ1) is 14.5. The first-order valence-electron chi connectivity index (χ1n) is 6.61. The van der Waals surface area contributed by atoms with E-state index in [-0.39, 0.29) is 5.54 Å². The Labute approximate surface area is 119 Å². The van der Waals surface area contributed by atoms with E-state index in [2.05, 4.69) is 41.4 Å². The summed E-state index contributed by atoms with van der Waals surface area (Å²) in [5.41, 5.74) is 1.90. The Morgan fingerprint density at radius 2 is 2.10 bits per heavy atom. The third kappa shape index (κ3) is 3.54. The molecule has 108 valence electrons. The van der Waals surface area contributed by atoms with E-state index in [0.29, 0.717) is 19.0 Å². The molecule has 0 aliphatic carbocycles. The van der Waals surface area contributed by atoms with Gasteiger partial charge in [0.15, 0.2) is 0 Å². The number of nitrogens with one attached hydrogen (secondary N) is 1. The van der Waals surface area contributed by atoms with Crippen LogP contribution in [0, 0.1) is 0 Å². The highest BCUT2D eigenvalue weighted by atomic mass is 16.5. The molecule has 2 aromatic heterocycles. The Bertz CT molecular complexity index is 559. The molecule has 0 aliphatic heterocycles. The van der Waals surface area contributed by atoms with Gasteiger partial charge in [-0.1, -0.05) is 11.3 Å². The third-order valence-electron chi connectivity index (χ3n) is 2.89. The van der Waals surface area contributed by atoms with Crippen molar-refractivity contribution in [2.75, 3.05) is 7.11 Å². The second-order valence-corrected chi connectivity index (χ2v) is 5.60. The van der Waals surface area contributed by atoms with Gasteiger partial charge in [0.05, 0.1) is 24.5 Å². The van der Waals surface area contributed by atoms with Crippen molar-refractivity contribution in [2.24, 2.45) is 0 Å². The first-order valence-corrected chi connectivity index (χ1v) is 6.61. The van der Waals surface area contributed by atoms with Crippen LogP contribution in [0.2, 0.25) is 0 Å². The maximum Gasteiger partial charge on any atom is 0.217 e. The van der Waals surface area contributed by atoms with E-state index < -0.39 is 0 Å². The van der Waals surface area contributed by atoms with E-state index in [0.717, 1.165) is 11.3 Å². The minimum Gasteiger partial charge on any atom is -0.481 e. The standard InChI is InChI=1S/C14H21N5O/c1-14(2,3)19-10-12(17-18-19)9-15-8-11-6-5-7-16-13(11)20-4/h5-7,10,15H,8-9H2,1-4H3. The lowest BCUT2D eigenvalue weighted by molar-refractivity contribution is 0.347. The summed E-state index contributed by atoms with van der Waals surface area (Å²) in [5.74, 6) is 0.651. The molecule has 20 heavy (non-hydrogen) atoms. The second kappa shape index (κ2) is 6.00. The molecule has 6 heteroatoms. The number of ether oxygens (including phenoxy) is 1. The maximum atomic E-state index is 5.21. The Hall–Kier alpha value is -1.95. The predicted octanol–water partition coefficient (Wildman–Crippen LogP) is 1.73. The van der Waals surface area contributed by atoms with Crippen molar-refractivity contribution in [3.8, 4) is 5.88 Å². The van der Waals surface area contributed by atoms with Crippen molar-refractivity contribution < 1.29 is 4.74 Å². The summed E-state index contributed by atoms with van der Waals surface area (Å²) in [7, 11) is 1.63. The zero-order chi connectivity index (χ0) is 14.6. The van der Waals surface area contributed by atoms with E-state index in [1.54, 1.807) is 13.3 Å². The van der Waals surface area contributed by atoms with Crippen LogP contribution in [0.15, 0.2) is 24.5 Å². The van der Waals surface area contributed by atoms with Crippen LogP contribution in [0.25, 0.3) is 0 Å². The van der Waals surface area contributed by atoms with Crippen LogP contribution in [-0.2, 0) is 18.6 Å². The quantitative estimate of drug-likeness (QED) is 0.900. The van der Waals surface area contributed by atoms with Crippen LogP contribution in [0.3, 0.4) is 0 Å². The van der Waals surface area contributed by atoms with Crippen molar-refractivity contribution in [3.05, 3.63) is 35.8 Å². The molecule has 0 amide bonds. The summed E-state index contributed by atoms with van der Waals surface area (Å²) >= 11 is 0. The summed E-state index contributed by atoms with van der Waals surface area (Å²) in [6.07, 6.45) is 3.69. The molecular formula is C14H21N5O. The van der Waals surface area contributed by atoms with Crippen molar-refractivity contribution >= 4 is 0 Å². The van der Waals surface area contributed by atoms with Gasteiger partial charge in [-0.2, -0.15) is 0 Å². The van der Waals surface area contributed by atoms with Gasteiger partial charge in [0.1, 0.15) is 0 Å². The average molecular weight is 275 g/mol. The van der Waals surface area contributed by atoms with Crippen LogP contribution in [0.5, 0.6) is 5.88 Å². The van der Waals surface area contributed by atoms with Crippen LogP contribution in [0.1, 0.15) is 32.0 Å². The monoisotopic (exact) mass is 275 g/mol. The lowest BCUT2D eigenvalue weighted by Gasteiger charge is -2.17. The van der Waals surface area contributed by atoms with E-state index in [1.807, 2.05) is 23.0 Å². The van der Waals surface area contributed by atoms with E-state index >= 15 is 0 Å². The van der Waals surface area contributed by atoms with Crippen LogP contribution < -0.4 is 10.1 Å². The van der Waals surface area contributed by atoms with E-state index in [9.17, 15) is 0 Å². The molecule has 0 radical (unpaired) electrons. The molecule has 0 unspecified atom stereocenters. The fourth-order valence-electron chi connectivity index (χ4n) is 1.77. The number of methoxy groups -OCH3 is 1. The van der Waals surface area contributed by atoms with Crippen molar-refractivity contribution in [1.82, 2.24) is 25.3 Å². The van der Waals surface area contributed by atoms with Gasteiger partial charge < -0.3 is 10.1 Å². The van der Waals surface area contributed by atoms with Crippen molar-refractivity contribution in [2.45, 2.75) is 39.4 Å². The first-order chi connectivity index (χ1) is 9.50. The molecule has 1 N–H and O–H groups in total. The highest BCUT2D eigenvalue weighted by Crippen LogP contribution is 2.14. The van der Waals surface area contributed by atoms with Gasteiger partial charge in [0.2, 0.25) is 5.88 Å². The zero-order valence-electron chi connectivity index (χ0n) is 12.4. The molecule has 0 spiro atoms. The molecule has 2 aromatic rings. The Balaban J connectivity index is 1.91. The highest BCUT2D eigenvalue weighted by molar-refractivity contribution is 5.25. The van der Waals surface area contributed by atoms with E-state index in [4.69, 9.17) is 4.74 Å². The molecule has 0 aromatic carbocycles. The van der Waals surface area contributed by atoms with Gasteiger partial charge in [-0.15, -0.1) is 5.10 Å². The van der Waals surface area contributed by atoms with E-state index in [1.165, 1.54) is 0 Å². The van der Waals surface area contributed by atoms with Crippen LogP contribution >= 0.6 is 0 Å². The Morgan fingerprint density at radius 1 is 1.30 bits per heavy atom. The molecule has 2 heterocycles. The van der Waals surface area contributed by atoms with Crippen molar-refractivity contribution in [1.29, 1.82) is 0 Å². The number of rotatable bonds is 5. The summed E-state index contributed by atoms with van der Waals surface area (Å²) < 4.78 is 7.08.